The van der Waals surface area contributed by atoms with E-state index in [9.17, 15) is 9.59 Å². The predicted octanol–water partition coefficient (Wildman–Crippen LogP) is -1.43. The van der Waals surface area contributed by atoms with Gasteiger partial charge in [-0.2, -0.15) is 0 Å². The van der Waals surface area contributed by atoms with E-state index in [1.54, 1.807) is 0 Å². The molecule has 5 nitrogen and oxygen atoms in total. The van der Waals surface area contributed by atoms with E-state index in [4.69, 9.17) is 5.11 Å². The summed E-state index contributed by atoms with van der Waals surface area (Å²) in [5.74, 6) is -2.14. The standard InChI is InChI=1S/C4H8N2O3.ClH/c1-6-2(3(5)7)4(8)9;/h2,6H,1H3,(H2,5,7)(H,8,9);1H/t2-;/m1./s1. The molecule has 60 valence electrons. The lowest BCUT2D eigenvalue weighted by molar-refractivity contribution is -0.142. The highest BCUT2D eigenvalue weighted by Gasteiger charge is 2.20. The maximum absolute atomic E-state index is 10.2. The van der Waals surface area contributed by atoms with Gasteiger partial charge in [0.15, 0.2) is 6.04 Å². The summed E-state index contributed by atoms with van der Waals surface area (Å²) in [4.78, 5) is 20.2. The summed E-state index contributed by atoms with van der Waals surface area (Å²) in [6.07, 6.45) is 0. The van der Waals surface area contributed by atoms with Crippen LogP contribution in [0, 0.1) is 0 Å². The molecule has 0 unspecified atom stereocenters. The number of nitrogens with one attached hydrogen (secondary N) is 1. The Bertz CT molecular complexity index is 124. The minimum Gasteiger partial charge on any atom is -0.480 e. The zero-order valence-electron chi connectivity index (χ0n) is 5.33. The van der Waals surface area contributed by atoms with Crippen LogP contribution in [-0.2, 0) is 9.59 Å². The van der Waals surface area contributed by atoms with E-state index in [1.807, 2.05) is 0 Å². The Hall–Kier alpha value is -0.810. The average Bonchev–Trinajstić information content (AvgIpc) is 1.64. The van der Waals surface area contributed by atoms with E-state index >= 15 is 0 Å². The van der Waals surface area contributed by atoms with Gasteiger partial charge in [0.25, 0.3) is 0 Å². The third-order valence-corrected chi connectivity index (χ3v) is 0.820. The topological polar surface area (TPSA) is 92.4 Å². The maximum Gasteiger partial charge on any atom is 0.330 e. The second-order valence-electron chi connectivity index (χ2n) is 1.46. The highest BCUT2D eigenvalue weighted by Crippen LogP contribution is 1.77. The number of carboxylic acids is 1. The fourth-order valence-corrected chi connectivity index (χ4v) is 0.387. The van der Waals surface area contributed by atoms with Gasteiger partial charge in [-0.25, -0.2) is 4.79 Å². The van der Waals surface area contributed by atoms with Crippen LogP contribution in [0.4, 0.5) is 0 Å². The van der Waals surface area contributed by atoms with Crippen molar-refractivity contribution in [2.45, 2.75) is 6.04 Å². The second kappa shape index (κ2) is 5.01. The fraction of sp³-hybridized carbons (Fsp3) is 0.500. The van der Waals surface area contributed by atoms with Gasteiger partial charge in [0.2, 0.25) is 5.91 Å². The summed E-state index contributed by atoms with van der Waals surface area (Å²) >= 11 is 0. The molecule has 0 saturated heterocycles. The Morgan fingerprint density at radius 1 is 1.60 bits per heavy atom. The maximum atomic E-state index is 10.2. The van der Waals surface area contributed by atoms with Crippen LogP contribution in [0.25, 0.3) is 0 Å². The normalized spacial score (nSPS) is 11.3. The molecule has 0 aliphatic rings. The molecule has 1 atom stereocenters. The molecular weight excluding hydrogens is 160 g/mol. The quantitative estimate of drug-likeness (QED) is 0.451. The Labute approximate surface area is 64.0 Å². The minimum absolute atomic E-state index is 0. The first-order valence-electron chi connectivity index (χ1n) is 2.29. The van der Waals surface area contributed by atoms with Crippen LogP contribution >= 0.6 is 12.4 Å². The Morgan fingerprint density at radius 3 is 2.00 bits per heavy atom. The molecule has 0 fully saturated rings. The van der Waals surface area contributed by atoms with Crippen molar-refractivity contribution in [2.75, 3.05) is 7.05 Å². The molecule has 0 radical (unpaired) electrons. The number of carbonyl (C=O) groups excluding carboxylic acids is 1. The summed E-state index contributed by atoms with van der Waals surface area (Å²) in [5.41, 5.74) is 4.67. The zero-order chi connectivity index (χ0) is 7.44. The van der Waals surface area contributed by atoms with Crippen LogP contribution in [0.15, 0.2) is 0 Å². The summed E-state index contributed by atoms with van der Waals surface area (Å²) in [5, 5.41) is 10.4. The molecule has 0 aliphatic heterocycles. The van der Waals surface area contributed by atoms with E-state index in [2.05, 4.69) is 11.1 Å². The third-order valence-electron chi connectivity index (χ3n) is 0.820. The molecule has 10 heavy (non-hydrogen) atoms. The van der Waals surface area contributed by atoms with Gasteiger partial charge in [-0.05, 0) is 7.05 Å². The molecule has 0 spiro atoms. The van der Waals surface area contributed by atoms with Crippen molar-refractivity contribution >= 4 is 24.3 Å². The Morgan fingerprint density at radius 2 is 2.00 bits per heavy atom. The number of amides is 1. The third kappa shape index (κ3) is 3.26. The number of carbonyl (C=O) groups is 2. The van der Waals surface area contributed by atoms with Gasteiger partial charge in [-0.15, -0.1) is 12.4 Å². The first-order valence-corrected chi connectivity index (χ1v) is 2.29. The number of halogens is 1. The number of nitrogens with two attached hydrogens (primary N) is 1. The van der Waals surface area contributed by atoms with E-state index in [1.165, 1.54) is 7.05 Å². The van der Waals surface area contributed by atoms with Crippen molar-refractivity contribution in [2.24, 2.45) is 5.73 Å². The number of rotatable bonds is 3. The number of aliphatic carboxylic acids is 1. The summed E-state index contributed by atoms with van der Waals surface area (Å²) in [7, 11) is 1.35. The van der Waals surface area contributed by atoms with Crippen LogP contribution in [0.1, 0.15) is 0 Å². The van der Waals surface area contributed by atoms with Crippen molar-refractivity contribution in [1.82, 2.24) is 5.32 Å². The van der Waals surface area contributed by atoms with Gasteiger partial charge >= 0.3 is 5.97 Å². The fourth-order valence-electron chi connectivity index (χ4n) is 0.387. The molecule has 0 aliphatic carbocycles. The molecule has 0 aromatic carbocycles. The molecule has 4 N–H and O–H groups in total. The van der Waals surface area contributed by atoms with Crippen molar-refractivity contribution in [1.29, 1.82) is 0 Å². The summed E-state index contributed by atoms with van der Waals surface area (Å²) < 4.78 is 0. The van der Waals surface area contributed by atoms with Crippen LogP contribution < -0.4 is 11.1 Å². The first kappa shape index (κ1) is 11.9. The minimum atomic E-state index is -1.27. The lowest BCUT2D eigenvalue weighted by Gasteiger charge is -2.03. The van der Waals surface area contributed by atoms with Gasteiger partial charge in [-0.1, -0.05) is 0 Å². The number of primary amides is 1. The lowest BCUT2D eigenvalue weighted by Crippen LogP contribution is -2.45. The van der Waals surface area contributed by atoms with Gasteiger partial charge < -0.3 is 10.8 Å². The zero-order valence-corrected chi connectivity index (χ0v) is 6.14. The van der Waals surface area contributed by atoms with Crippen LogP contribution in [0.5, 0.6) is 0 Å². The average molecular weight is 169 g/mol. The number of hydrogen-bond acceptors (Lipinski definition) is 3. The first-order chi connectivity index (χ1) is 4.09. The molecule has 0 aromatic rings. The number of hydrogen-bond donors (Lipinski definition) is 3. The Balaban J connectivity index is 0. The highest BCUT2D eigenvalue weighted by atomic mass is 35.5. The van der Waals surface area contributed by atoms with Gasteiger partial charge in [-0.3, -0.25) is 10.1 Å². The number of carboxylic acid groups (broad SMARTS) is 1. The lowest BCUT2D eigenvalue weighted by atomic mass is 10.3. The summed E-state index contributed by atoms with van der Waals surface area (Å²) in [6.45, 7) is 0. The van der Waals surface area contributed by atoms with Crippen molar-refractivity contribution < 1.29 is 14.7 Å². The predicted molar refractivity (Wildman–Crippen MR) is 36.9 cm³/mol. The molecule has 0 aromatic heterocycles. The van der Waals surface area contributed by atoms with Crippen LogP contribution in [0.3, 0.4) is 0 Å². The SMILES string of the molecule is CN[C@H](C(N)=O)C(=O)O.Cl. The van der Waals surface area contributed by atoms with Crippen LogP contribution in [0.2, 0.25) is 0 Å². The van der Waals surface area contributed by atoms with Crippen LogP contribution in [-0.4, -0.2) is 30.1 Å². The molecule has 0 saturated carbocycles. The van der Waals surface area contributed by atoms with E-state index in [0.29, 0.717) is 0 Å². The van der Waals surface area contributed by atoms with Gasteiger partial charge in [0.05, 0.1) is 0 Å². The van der Waals surface area contributed by atoms with Crippen molar-refractivity contribution in [3.63, 3.8) is 0 Å². The smallest absolute Gasteiger partial charge is 0.330 e. The Kier molecular flexibility index (Phi) is 5.98. The molecule has 1 amide bonds. The molecule has 6 heteroatoms. The van der Waals surface area contributed by atoms with E-state index in [-0.39, 0.29) is 12.4 Å². The van der Waals surface area contributed by atoms with E-state index < -0.39 is 17.9 Å². The number of likely N-dealkylation sites (N-methyl/N-ethyl adjacent to an activating group) is 1. The van der Waals surface area contributed by atoms with Crippen molar-refractivity contribution in [3.05, 3.63) is 0 Å². The van der Waals surface area contributed by atoms with Gasteiger partial charge in [0.1, 0.15) is 0 Å². The molecule has 0 heterocycles. The highest BCUT2D eigenvalue weighted by molar-refractivity contribution is 6.00. The second-order valence-corrected chi connectivity index (χ2v) is 1.46. The summed E-state index contributed by atoms with van der Waals surface area (Å²) in [6, 6.07) is -1.27. The molecule has 0 bridgehead atoms. The molecule has 0 rings (SSSR count). The van der Waals surface area contributed by atoms with Crippen molar-refractivity contribution in [3.8, 4) is 0 Å². The van der Waals surface area contributed by atoms with Gasteiger partial charge in [0, 0.05) is 0 Å². The van der Waals surface area contributed by atoms with E-state index in [0.717, 1.165) is 0 Å². The monoisotopic (exact) mass is 168 g/mol. The largest absolute Gasteiger partial charge is 0.480 e. The molecular formula is C4H9ClN2O3.